The number of aromatic nitrogens is 5. The lowest BCUT2D eigenvalue weighted by Gasteiger charge is -2.14. The highest BCUT2D eigenvalue weighted by Crippen LogP contribution is 2.29. The van der Waals surface area contributed by atoms with Crippen molar-refractivity contribution >= 4 is 27.8 Å². The van der Waals surface area contributed by atoms with Gasteiger partial charge in [0.25, 0.3) is 5.56 Å². The maximum atomic E-state index is 13.8. The highest BCUT2D eigenvalue weighted by atomic mass is 19.4. The molecule has 0 spiro atoms. The third kappa shape index (κ3) is 4.92. The number of nitrogens with one attached hydrogen (secondary N) is 1. The van der Waals surface area contributed by atoms with Gasteiger partial charge in [-0.3, -0.25) is 9.36 Å². The first-order valence-electron chi connectivity index (χ1n) is 10.8. The molecular formula is C24H17F5N6O2. The summed E-state index contributed by atoms with van der Waals surface area (Å²) in [6, 6.07) is 13.4. The summed E-state index contributed by atoms with van der Waals surface area (Å²) in [7, 11) is 1.70. The smallest absolute Gasteiger partial charge is 0.405 e. The molecule has 0 aliphatic carbocycles. The fourth-order valence-electron chi connectivity index (χ4n) is 3.91. The number of alkyl halides is 5. The van der Waals surface area contributed by atoms with E-state index in [0.717, 1.165) is 0 Å². The fourth-order valence-corrected chi connectivity index (χ4v) is 3.91. The predicted octanol–water partition coefficient (Wildman–Crippen LogP) is 4.91. The SMILES string of the molecule is Cn1nnc2ccc(-n3cc4ccc(NCC(F)(F)F)nc4c(-c4ccc(OC(F)F)cc4)c3=O)cc21. The van der Waals surface area contributed by atoms with Crippen LogP contribution in [0, 0.1) is 0 Å². The van der Waals surface area contributed by atoms with Gasteiger partial charge in [-0.2, -0.15) is 22.0 Å². The number of fused-ring (bicyclic) bond motifs is 2. The maximum absolute atomic E-state index is 13.8. The van der Waals surface area contributed by atoms with Gasteiger partial charge in [0.05, 0.1) is 22.3 Å². The van der Waals surface area contributed by atoms with Crippen LogP contribution >= 0.6 is 0 Å². The summed E-state index contributed by atoms with van der Waals surface area (Å²) in [5.74, 6) is -0.197. The predicted molar refractivity (Wildman–Crippen MR) is 126 cm³/mol. The summed E-state index contributed by atoms with van der Waals surface area (Å²) < 4.78 is 70.7. The summed E-state index contributed by atoms with van der Waals surface area (Å²) in [6.45, 7) is -4.34. The van der Waals surface area contributed by atoms with Gasteiger partial charge in [0.15, 0.2) is 0 Å². The molecule has 13 heteroatoms. The highest BCUT2D eigenvalue weighted by Gasteiger charge is 2.27. The lowest BCUT2D eigenvalue weighted by atomic mass is 10.0. The van der Waals surface area contributed by atoms with Crippen molar-refractivity contribution in [1.29, 1.82) is 0 Å². The molecule has 0 unspecified atom stereocenters. The van der Waals surface area contributed by atoms with Gasteiger partial charge in [-0.25, -0.2) is 9.67 Å². The number of aryl methyl sites for hydroxylation is 1. The molecule has 5 aromatic rings. The topological polar surface area (TPSA) is 86.9 Å². The van der Waals surface area contributed by atoms with Crippen LogP contribution in [0.1, 0.15) is 0 Å². The molecule has 0 saturated carbocycles. The van der Waals surface area contributed by atoms with Gasteiger partial charge in [-0.05, 0) is 48.0 Å². The van der Waals surface area contributed by atoms with Gasteiger partial charge in [0.2, 0.25) is 0 Å². The maximum Gasteiger partial charge on any atom is 0.405 e. The summed E-state index contributed by atoms with van der Waals surface area (Å²) in [5.41, 5.74) is 1.78. The fraction of sp³-hybridized carbons (Fsp3) is 0.167. The standard InChI is InChI=1S/C24H17F5N6O2/c1-34-18-10-15(5-8-17(18)32-33-34)35-11-14-4-9-19(30-12-24(27,28)29)31-21(14)20(22(35)36)13-2-6-16(7-3-13)37-23(25)26/h2-11,23H,12H2,1H3,(H,30,31). The van der Waals surface area contributed by atoms with Crippen LogP contribution in [0.15, 0.2) is 65.6 Å². The number of anilines is 1. The Morgan fingerprint density at radius 2 is 1.81 bits per heavy atom. The molecule has 0 bridgehead atoms. The van der Waals surface area contributed by atoms with Crippen LogP contribution in [0.2, 0.25) is 0 Å². The van der Waals surface area contributed by atoms with Gasteiger partial charge < -0.3 is 10.1 Å². The number of halogens is 5. The Morgan fingerprint density at radius 1 is 1.05 bits per heavy atom. The van der Waals surface area contributed by atoms with Crippen molar-refractivity contribution < 1.29 is 26.7 Å². The van der Waals surface area contributed by atoms with Crippen LogP contribution in [0.5, 0.6) is 5.75 Å². The lowest BCUT2D eigenvalue weighted by Crippen LogP contribution is -2.22. The Morgan fingerprint density at radius 3 is 2.51 bits per heavy atom. The number of hydrogen-bond donors (Lipinski definition) is 1. The summed E-state index contributed by atoms with van der Waals surface area (Å²) in [6.07, 6.45) is -2.94. The second-order valence-electron chi connectivity index (χ2n) is 8.07. The zero-order chi connectivity index (χ0) is 26.3. The quantitative estimate of drug-likeness (QED) is 0.323. The van der Waals surface area contributed by atoms with E-state index in [-0.39, 0.29) is 22.6 Å². The van der Waals surface area contributed by atoms with E-state index in [1.807, 2.05) is 0 Å². The van der Waals surface area contributed by atoms with E-state index in [9.17, 15) is 26.7 Å². The van der Waals surface area contributed by atoms with E-state index in [0.29, 0.717) is 27.7 Å². The molecule has 3 aromatic heterocycles. The second-order valence-corrected chi connectivity index (χ2v) is 8.07. The number of rotatable bonds is 6. The number of nitrogens with zero attached hydrogens (tertiary/aromatic N) is 5. The highest BCUT2D eigenvalue weighted by molar-refractivity contribution is 5.94. The molecule has 0 aliphatic rings. The van der Waals surface area contributed by atoms with Crippen molar-refractivity contribution in [2.75, 3.05) is 11.9 Å². The Labute approximate surface area is 204 Å². The van der Waals surface area contributed by atoms with Crippen LogP contribution in [-0.4, -0.2) is 43.9 Å². The molecule has 8 nitrogen and oxygen atoms in total. The molecule has 0 atom stereocenters. The first-order chi connectivity index (χ1) is 17.6. The summed E-state index contributed by atoms with van der Waals surface area (Å²) >= 11 is 0. The average molecular weight is 516 g/mol. The summed E-state index contributed by atoms with van der Waals surface area (Å²) in [5, 5.41) is 10.7. The Hall–Kier alpha value is -4.55. The minimum Gasteiger partial charge on any atom is -0.435 e. The molecule has 0 saturated heterocycles. The molecule has 0 radical (unpaired) electrons. The molecule has 190 valence electrons. The number of ether oxygens (including phenoxy) is 1. The van der Waals surface area contributed by atoms with Crippen LogP contribution in [0.3, 0.4) is 0 Å². The number of benzene rings is 2. The van der Waals surface area contributed by atoms with Crippen LogP contribution in [-0.2, 0) is 7.05 Å². The van der Waals surface area contributed by atoms with E-state index in [1.165, 1.54) is 41.1 Å². The zero-order valence-corrected chi connectivity index (χ0v) is 19.0. The van der Waals surface area contributed by atoms with Crippen molar-refractivity contribution in [2.24, 2.45) is 7.05 Å². The largest absolute Gasteiger partial charge is 0.435 e. The molecule has 0 fully saturated rings. The second kappa shape index (κ2) is 9.15. The molecule has 3 heterocycles. The minimum atomic E-state index is -4.47. The lowest BCUT2D eigenvalue weighted by molar-refractivity contribution is -0.115. The molecular weight excluding hydrogens is 499 g/mol. The molecule has 5 rings (SSSR count). The molecule has 37 heavy (non-hydrogen) atoms. The zero-order valence-electron chi connectivity index (χ0n) is 19.0. The monoisotopic (exact) mass is 516 g/mol. The first-order valence-corrected chi connectivity index (χ1v) is 10.8. The van der Waals surface area contributed by atoms with E-state index in [4.69, 9.17) is 0 Å². The van der Waals surface area contributed by atoms with E-state index in [2.05, 4.69) is 25.3 Å². The molecule has 0 amide bonds. The van der Waals surface area contributed by atoms with Crippen LogP contribution in [0.4, 0.5) is 27.8 Å². The van der Waals surface area contributed by atoms with Crippen molar-refractivity contribution in [3.63, 3.8) is 0 Å². The van der Waals surface area contributed by atoms with Gasteiger partial charge in [-0.1, -0.05) is 17.3 Å². The van der Waals surface area contributed by atoms with Crippen molar-refractivity contribution in [3.05, 3.63) is 71.1 Å². The molecule has 1 N–H and O–H groups in total. The third-order valence-electron chi connectivity index (χ3n) is 5.57. The first kappa shape index (κ1) is 24.2. The van der Waals surface area contributed by atoms with Crippen molar-refractivity contribution in [2.45, 2.75) is 12.8 Å². The normalized spacial score (nSPS) is 12.0. The van der Waals surface area contributed by atoms with Crippen molar-refractivity contribution in [3.8, 4) is 22.6 Å². The van der Waals surface area contributed by atoms with Gasteiger partial charge in [0, 0.05) is 18.6 Å². The van der Waals surface area contributed by atoms with E-state index < -0.39 is 24.9 Å². The Bertz CT molecular complexity index is 1660. The minimum absolute atomic E-state index is 0.0694. The van der Waals surface area contributed by atoms with Gasteiger partial charge in [-0.15, -0.1) is 5.10 Å². The van der Waals surface area contributed by atoms with Crippen LogP contribution in [0.25, 0.3) is 38.8 Å². The Balaban J connectivity index is 1.70. The molecule has 0 aliphatic heterocycles. The summed E-state index contributed by atoms with van der Waals surface area (Å²) in [4.78, 5) is 18.0. The number of pyridine rings is 2. The molecule has 2 aromatic carbocycles. The number of hydrogen-bond acceptors (Lipinski definition) is 6. The third-order valence-corrected chi connectivity index (χ3v) is 5.57. The van der Waals surface area contributed by atoms with E-state index >= 15 is 0 Å². The average Bonchev–Trinajstić information content (AvgIpc) is 3.22. The van der Waals surface area contributed by atoms with E-state index in [1.54, 1.807) is 36.0 Å². The van der Waals surface area contributed by atoms with Crippen LogP contribution < -0.4 is 15.6 Å². The van der Waals surface area contributed by atoms with Crippen molar-refractivity contribution in [1.82, 2.24) is 24.5 Å². The van der Waals surface area contributed by atoms with Gasteiger partial charge in [0.1, 0.15) is 23.6 Å². The van der Waals surface area contributed by atoms with Gasteiger partial charge >= 0.3 is 12.8 Å². The Kier molecular flexibility index (Phi) is 5.97.